The molecule has 0 unspecified atom stereocenters. The van der Waals surface area contributed by atoms with Crippen LogP contribution in [0, 0.1) is 6.42 Å². The van der Waals surface area contributed by atoms with Crippen LogP contribution in [-0.2, 0) is 14.9 Å². The predicted octanol–water partition coefficient (Wildman–Crippen LogP) is -1.47. The van der Waals surface area contributed by atoms with E-state index in [9.17, 15) is 13.2 Å². The Morgan fingerprint density at radius 3 is 2.19 bits per heavy atom. The second-order valence-electron chi connectivity index (χ2n) is 2.67. The average Bonchev–Trinajstić information content (AvgIpc) is 2.12. The van der Waals surface area contributed by atoms with Gasteiger partial charge in [0.25, 0.3) is 10.1 Å². The van der Waals surface area contributed by atoms with Gasteiger partial charge in [0, 0.05) is 6.08 Å². The van der Waals surface area contributed by atoms with Gasteiger partial charge in [0.2, 0.25) is 0 Å². The smallest absolute Gasteiger partial charge is 0.478 e. The van der Waals surface area contributed by atoms with Gasteiger partial charge in [-0.1, -0.05) is 19.9 Å². The van der Waals surface area contributed by atoms with Crippen LogP contribution in [0.4, 0.5) is 0 Å². The van der Waals surface area contributed by atoms with Crippen molar-refractivity contribution in [2.45, 2.75) is 26.2 Å². The molecule has 0 aliphatic carbocycles. The van der Waals surface area contributed by atoms with E-state index in [0.29, 0.717) is 6.42 Å². The van der Waals surface area contributed by atoms with Crippen molar-refractivity contribution in [3.05, 3.63) is 19.1 Å². The fourth-order valence-electron chi connectivity index (χ4n) is 0.614. The first-order chi connectivity index (χ1) is 6.83. The number of aliphatic carboxylic acids is 1. The molecular weight excluding hydrogens is 259 g/mol. The number of hydrogen-bond acceptors (Lipinski definition) is 3. The zero-order valence-corrected chi connectivity index (χ0v) is 13.7. The number of unbranched alkanes of at least 4 members (excludes halogenated alkanes) is 3. The molecule has 0 aromatic rings. The van der Waals surface area contributed by atoms with Crippen molar-refractivity contribution >= 4 is 16.1 Å². The van der Waals surface area contributed by atoms with Gasteiger partial charge in [-0.05, 0) is 0 Å². The van der Waals surface area contributed by atoms with Gasteiger partial charge in [0.15, 0.2) is 0 Å². The monoisotopic (exact) mass is 276 g/mol. The normalized spacial score (nSPS) is 9.38. The summed E-state index contributed by atoms with van der Waals surface area (Å²) in [6.07, 6.45) is 5.06. The van der Waals surface area contributed by atoms with E-state index in [0.717, 1.165) is 18.9 Å². The maximum atomic E-state index is 10.1. The molecule has 0 bridgehead atoms. The van der Waals surface area contributed by atoms with Crippen molar-refractivity contribution in [3.63, 3.8) is 0 Å². The van der Waals surface area contributed by atoms with Crippen LogP contribution in [0.2, 0.25) is 0 Å². The van der Waals surface area contributed by atoms with Gasteiger partial charge < -0.3 is 11.5 Å². The first-order valence-electron chi connectivity index (χ1n) is 4.45. The van der Waals surface area contributed by atoms with Gasteiger partial charge in [-0.15, -0.1) is 0 Å². The molecule has 0 fully saturated rings. The molecule has 2 N–H and O–H groups in total. The minimum atomic E-state index is -3.72. The molecule has 7 heteroatoms. The van der Waals surface area contributed by atoms with Crippen LogP contribution in [0.3, 0.4) is 0 Å². The summed E-state index contributed by atoms with van der Waals surface area (Å²) in [6.45, 7) is 4.95. The van der Waals surface area contributed by atoms with Crippen LogP contribution in [0.1, 0.15) is 26.2 Å². The van der Waals surface area contributed by atoms with E-state index in [1.54, 1.807) is 0 Å². The van der Waals surface area contributed by atoms with Gasteiger partial charge in [-0.25, -0.2) is 4.79 Å². The van der Waals surface area contributed by atoms with Crippen molar-refractivity contribution < 1.29 is 74.3 Å². The van der Waals surface area contributed by atoms with Crippen LogP contribution in [-0.4, -0.2) is 29.8 Å². The van der Waals surface area contributed by atoms with Crippen LogP contribution in [0.15, 0.2) is 12.7 Å². The molecule has 16 heavy (non-hydrogen) atoms. The number of hydrogen-bond donors (Lipinski definition) is 2. The maximum Gasteiger partial charge on any atom is 1.00 e. The molecule has 0 aliphatic heterocycles. The molecule has 0 heterocycles. The fourth-order valence-corrected chi connectivity index (χ4v) is 1.15. The van der Waals surface area contributed by atoms with Crippen molar-refractivity contribution in [1.29, 1.82) is 0 Å². The predicted molar refractivity (Wildman–Crippen MR) is 58.1 cm³/mol. The Balaban J connectivity index is -0.000000242. The molecule has 0 aliphatic rings. The summed E-state index contributed by atoms with van der Waals surface area (Å²) >= 11 is 0. The quantitative estimate of drug-likeness (QED) is 0.203. The molecule has 90 valence electrons. The first-order valence-corrected chi connectivity index (χ1v) is 6.06. The molecule has 0 amide bonds. The van der Waals surface area contributed by atoms with Crippen LogP contribution < -0.4 is 51.4 Å². The number of carboxylic acids is 1. The van der Waals surface area contributed by atoms with Crippen LogP contribution in [0.5, 0.6) is 0 Å². The SMILES string of the molecule is C=CC(=O)O.CC[CH-]CCCS(=O)(=O)O.[K+]. The standard InChI is InChI=1S/C6H13O3S.C3H4O2.K/c1-2-3-4-5-6-10(7,8)9;1-2-3(4)5;/h3H,2,4-6H2,1H3,(H,7,8,9);2H,1H2,(H,4,5);/q-1;;+1. The Morgan fingerprint density at radius 2 is 1.94 bits per heavy atom. The Morgan fingerprint density at radius 1 is 1.50 bits per heavy atom. The topological polar surface area (TPSA) is 91.7 Å². The number of carbonyl (C=O) groups is 1. The molecule has 5 nitrogen and oxygen atoms in total. The third-order valence-corrected chi connectivity index (χ3v) is 2.08. The third-order valence-electron chi connectivity index (χ3n) is 1.27. The summed E-state index contributed by atoms with van der Waals surface area (Å²) in [5.41, 5.74) is 0. The summed E-state index contributed by atoms with van der Waals surface area (Å²) in [6, 6.07) is 0. The van der Waals surface area contributed by atoms with Gasteiger partial charge >= 0.3 is 57.4 Å². The molecular formula is C9H17KO5S. The molecule has 0 aromatic carbocycles. The summed E-state index contributed by atoms with van der Waals surface area (Å²) < 4.78 is 28.5. The van der Waals surface area contributed by atoms with Gasteiger partial charge in [-0.2, -0.15) is 21.3 Å². The average molecular weight is 276 g/mol. The zero-order valence-electron chi connectivity index (χ0n) is 9.72. The second-order valence-corrected chi connectivity index (χ2v) is 4.24. The first kappa shape index (κ1) is 22.0. The fraction of sp³-hybridized carbons (Fsp3) is 0.556. The zero-order chi connectivity index (χ0) is 12.3. The summed E-state index contributed by atoms with van der Waals surface area (Å²) in [5.74, 6) is -1.10. The maximum absolute atomic E-state index is 10.1. The second kappa shape index (κ2) is 13.8. The van der Waals surface area contributed by atoms with Crippen molar-refractivity contribution in [1.82, 2.24) is 0 Å². The van der Waals surface area contributed by atoms with Gasteiger partial charge in [0.05, 0.1) is 5.75 Å². The van der Waals surface area contributed by atoms with E-state index >= 15 is 0 Å². The van der Waals surface area contributed by atoms with Crippen molar-refractivity contribution in [2.75, 3.05) is 5.75 Å². The Bertz CT molecular complexity index is 274. The van der Waals surface area contributed by atoms with Crippen molar-refractivity contribution in [3.8, 4) is 0 Å². The summed E-state index contributed by atoms with van der Waals surface area (Å²) in [4.78, 5) is 9.25. The van der Waals surface area contributed by atoms with E-state index in [1.807, 2.05) is 13.3 Å². The molecule has 0 radical (unpaired) electrons. The van der Waals surface area contributed by atoms with E-state index < -0.39 is 16.1 Å². The molecule has 0 saturated carbocycles. The van der Waals surface area contributed by atoms with Crippen LogP contribution >= 0.6 is 0 Å². The molecule has 0 atom stereocenters. The van der Waals surface area contributed by atoms with E-state index in [-0.39, 0.29) is 57.1 Å². The van der Waals surface area contributed by atoms with E-state index in [4.69, 9.17) is 9.66 Å². The minimum absolute atomic E-state index is 0. The Labute approximate surface area is 139 Å². The van der Waals surface area contributed by atoms with E-state index in [1.165, 1.54) is 0 Å². The van der Waals surface area contributed by atoms with E-state index in [2.05, 4.69) is 6.58 Å². The Kier molecular flexibility index (Phi) is 19.0. The summed E-state index contributed by atoms with van der Waals surface area (Å²) in [7, 11) is -3.72. The van der Waals surface area contributed by atoms with Crippen molar-refractivity contribution in [2.24, 2.45) is 0 Å². The third kappa shape index (κ3) is 29.3. The largest absolute Gasteiger partial charge is 1.00 e. The summed E-state index contributed by atoms with van der Waals surface area (Å²) in [5, 5.41) is 7.60. The van der Waals surface area contributed by atoms with Gasteiger partial charge in [-0.3, -0.25) is 4.55 Å². The number of rotatable bonds is 6. The van der Waals surface area contributed by atoms with Gasteiger partial charge in [0.1, 0.15) is 0 Å². The molecule has 0 spiro atoms. The Hall–Kier alpha value is 0.756. The minimum Gasteiger partial charge on any atom is -0.478 e. The molecule has 0 aromatic heterocycles. The molecule has 0 rings (SSSR count). The van der Waals surface area contributed by atoms with Crippen LogP contribution in [0.25, 0.3) is 0 Å². The number of carboxylic acid groups (broad SMARTS) is 1. The molecule has 0 saturated heterocycles.